The van der Waals surface area contributed by atoms with E-state index < -0.39 is 0 Å². The smallest absolute Gasteiger partial charge is 0.193 e. The Morgan fingerprint density at radius 3 is 2.62 bits per heavy atom. The van der Waals surface area contributed by atoms with Gasteiger partial charge in [-0.3, -0.25) is 4.79 Å². The Labute approximate surface area is 126 Å². The lowest BCUT2D eigenvalue weighted by Gasteiger charge is -2.26. The summed E-state index contributed by atoms with van der Waals surface area (Å²) in [4.78, 5) is 12.8. The van der Waals surface area contributed by atoms with E-state index >= 15 is 0 Å². The molecule has 2 aromatic rings. The molecule has 0 bridgehead atoms. The van der Waals surface area contributed by atoms with Crippen molar-refractivity contribution in [1.82, 2.24) is 0 Å². The highest BCUT2D eigenvalue weighted by Gasteiger charge is 2.21. The van der Waals surface area contributed by atoms with Crippen LogP contribution in [0, 0.1) is 0 Å². The minimum Gasteiger partial charge on any atom is -0.330 e. The Hall–Kier alpha value is -1.93. The molecule has 0 aromatic heterocycles. The summed E-state index contributed by atoms with van der Waals surface area (Å²) >= 11 is 0. The molecule has 1 saturated carbocycles. The highest BCUT2D eigenvalue weighted by Crippen LogP contribution is 2.36. The van der Waals surface area contributed by atoms with Gasteiger partial charge < -0.3 is 5.73 Å². The van der Waals surface area contributed by atoms with Gasteiger partial charge in [-0.05, 0) is 48.9 Å². The van der Waals surface area contributed by atoms with Crippen LogP contribution in [-0.4, -0.2) is 12.3 Å². The number of carbonyl (C=O) groups excluding carboxylic acids is 1. The van der Waals surface area contributed by atoms with E-state index in [4.69, 9.17) is 5.73 Å². The molecule has 0 amide bonds. The van der Waals surface area contributed by atoms with Crippen molar-refractivity contribution in [3.8, 4) is 0 Å². The molecule has 2 nitrogen and oxygen atoms in total. The van der Waals surface area contributed by atoms with Gasteiger partial charge in [0.15, 0.2) is 5.78 Å². The van der Waals surface area contributed by atoms with Crippen molar-refractivity contribution in [2.24, 2.45) is 5.73 Å². The summed E-state index contributed by atoms with van der Waals surface area (Å²) in [7, 11) is 0. The molecule has 0 unspecified atom stereocenters. The molecule has 0 atom stereocenters. The lowest BCUT2D eigenvalue weighted by molar-refractivity contribution is 0.103. The molecule has 3 rings (SSSR count). The second-order valence-corrected chi connectivity index (χ2v) is 5.78. The molecule has 0 heterocycles. The van der Waals surface area contributed by atoms with Gasteiger partial charge in [-0.25, -0.2) is 0 Å². The van der Waals surface area contributed by atoms with Crippen molar-refractivity contribution in [3.05, 3.63) is 70.8 Å². The maximum absolute atomic E-state index is 12.8. The topological polar surface area (TPSA) is 43.1 Å². The zero-order valence-electron chi connectivity index (χ0n) is 12.2. The van der Waals surface area contributed by atoms with Gasteiger partial charge in [-0.15, -0.1) is 0 Å². The first-order valence-electron chi connectivity index (χ1n) is 7.72. The highest BCUT2D eigenvalue weighted by atomic mass is 16.1. The van der Waals surface area contributed by atoms with E-state index in [0.29, 0.717) is 12.5 Å². The van der Waals surface area contributed by atoms with Gasteiger partial charge in [0.25, 0.3) is 0 Å². The van der Waals surface area contributed by atoms with Crippen molar-refractivity contribution >= 4 is 5.78 Å². The summed E-state index contributed by atoms with van der Waals surface area (Å²) in [5.41, 5.74) is 9.58. The third-order valence-electron chi connectivity index (χ3n) is 4.40. The van der Waals surface area contributed by atoms with Crippen LogP contribution in [0.1, 0.15) is 52.2 Å². The van der Waals surface area contributed by atoms with E-state index in [1.54, 1.807) is 0 Å². The van der Waals surface area contributed by atoms with Crippen molar-refractivity contribution in [1.29, 1.82) is 0 Å². The molecule has 108 valence electrons. The number of benzene rings is 2. The van der Waals surface area contributed by atoms with Gasteiger partial charge in [-0.2, -0.15) is 0 Å². The summed E-state index contributed by atoms with van der Waals surface area (Å²) in [6, 6.07) is 15.9. The lowest BCUT2D eigenvalue weighted by Crippen LogP contribution is -2.12. The van der Waals surface area contributed by atoms with Crippen LogP contribution in [0.5, 0.6) is 0 Å². The van der Waals surface area contributed by atoms with Gasteiger partial charge in [0, 0.05) is 11.1 Å². The summed E-state index contributed by atoms with van der Waals surface area (Å²) in [5, 5.41) is 0. The molecule has 21 heavy (non-hydrogen) atoms. The van der Waals surface area contributed by atoms with Crippen LogP contribution in [0.25, 0.3) is 0 Å². The lowest BCUT2D eigenvalue weighted by atomic mass is 9.79. The number of carbonyl (C=O) groups is 1. The molecule has 1 fully saturated rings. The predicted octanol–water partition coefficient (Wildman–Crippen LogP) is 3.69. The Kier molecular flexibility index (Phi) is 4.16. The van der Waals surface area contributed by atoms with Gasteiger partial charge in [0.2, 0.25) is 0 Å². The number of rotatable bonds is 5. The average molecular weight is 279 g/mol. The molecule has 1 aliphatic rings. The normalized spacial score (nSPS) is 14.7. The van der Waals surface area contributed by atoms with Gasteiger partial charge >= 0.3 is 0 Å². The minimum atomic E-state index is 0.111. The second-order valence-electron chi connectivity index (χ2n) is 5.78. The molecule has 0 aliphatic heterocycles. The number of hydrogen-bond donors (Lipinski definition) is 1. The standard InChI is InChI=1S/C19H21NO/c20-12-11-15-5-1-2-10-18(15)19(21)17-9-4-8-16(13-17)14-6-3-7-14/h1-2,4-5,8-10,13-14H,3,6-7,11-12,20H2. The quantitative estimate of drug-likeness (QED) is 0.848. The third kappa shape index (κ3) is 2.91. The molecule has 2 heteroatoms. The Morgan fingerprint density at radius 1 is 1.10 bits per heavy atom. The first-order valence-corrected chi connectivity index (χ1v) is 7.72. The summed E-state index contributed by atoms with van der Waals surface area (Å²) in [5.74, 6) is 0.761. The first kappa shape index (κ1) is 14.0. The van der Waals surface area contributed by atoms with Crippen LogP contribution in [-0.2, 0) is 6.42 Å². The number of nitrogens with two attached hydrogens (primary N) is 1. The summed E-state index contributed by atoms with van der Waals surface area (Å²) in [6.45, 7) is 0.562. The maximum Gasteiger partial charge on any atom is 0.193 e. The van der Waals surface area contributed by atoms with Crippen LogP contribution in [0.15, 0.2) is 48.5 Å². The molecule has 1 aliphatic carbocycles. The van der Waals surface area contributed by atoms with Gasteiger partial charge in [0.1, 0.15) is 0 Å². The van der Waals surface area contributed by atoms with E-state index in [0.717, 1.165) is 23.1 Å². The van der Waals surface area contributed by atoms with E-state index in [9.17, 15) is 4.79 Å². The molecule has 2 aromatic carbocycles. The Morgan fingerprint density at radius 2 is 1.90 bits per heavy atom. The van der Waals surface area contributed by atoms with Crippen molar-refractivity contribution in [3.63, 3.8) is 0 Å². The molecular formula is C19H21NO. The van der Waals surface area contributed by atoms with Crippen molar-refractivity contribution < 1.29 is 4.79 Å². The van der Waals surface area contributed by atoms with Crippen LogP contribution in [0.4, 0.5) is 0 Å². The van der Waals surface area contributed by atoms with Gasteiger partial charge in [0.05, 0.1) is 0 Å². The van der Waals surface area contributed by atoms with E-state index in [-0.39, 0.29) is 5.78 Å². The third-order valence-corrected chi connectivity index (χ3v) is 4.40. The number of hydrogen-bond acceptors (Lipinski definition) is 2. The maximum atomic E-state index is 12.8. The summed E-state index contributed by atoms with van der Waals surface area (Å²) < 4.78 is 0. The van der Waals surface area contributed by atoms with Crippen LogP contribution >= 0.6 is 0 Å². The molecular weight excluding hydrogens is 258 g/mol. The monoisotopic (exact) mass is 279 g/mol. The molecule has 0 radical (unpaired) electrons. The zero-order chi connectivity index (χ0) is 14.7. The van der Waals surface area contributed by atoms with Gasteiger partial charge in [-0.1, -0.05) is 48.9 Å². The highest BCUT2D eigenvalue weighted by molar-refractivity contribution is 6.10. The summed E-state index contributed by atoms with van der Waals surface area (Å²) in [6.07, 6.45) is 4.55. The van der Waals surface area contributed by atoms with E-state index in [2.05, 4.69) is 12.1 Å². The fourth-order valence-electron chi connectivity index (χ4n) is 2.95. The van der Waals surface area contributed by atoms with Crippen molar-refractivity contribution in [2.45, 2.75) is 31.6 Å². The Balaban J connectivity index is 1.91. The fourth-order valence-corrected chi connectivity index (χ4v) is 2.95. The van der Waals surface area contributed by atoms with E-state index in [1.807, 2.05) is 36.4 Å². The molecule has 0 spiro atoms. The van der Waals surface area contributed by atoms with E-state index in [1.165, 1.54) is 24.8 Å². The van der Waals surface area contributed by atoms with Crippen molar-refractivity contribution in [2.75, 3.05) is 6.54 Å². The fraction of sp³-hybridized carbons (Fsp3) is 0.316. The average Bonchev–Trinajstić information content (AvgIpc) is 2.46. The first-order chi connectivity index (χ1) is 10.3. The SMILES string of the molecule is NCCc1ccccc1C(=O)c1cccc(C2CCC2)c1. The minimum absolute atomic E-state index is 0.111. The second kappa shape index (κ2) is 6.23. The molecule has 0 saturated heterocycles. The van der Waals surface area contributed by atoms with Crippen LogP contribution < -0.4 is 5.73 Å². The zero-order valence-corrected chi connectivity index (χ0v) is 12.2. The Bertz CT molecular complexity index is 644. The van der Waals surface area contributed by atoms with Crippen LogP contribution in [0.2, 0.25) is 0 Å². The van der Waals surface area contributed by atoms with Crippen LogP contribution in [0.3, 0.4) is 0 Å². The largest absolute Gasteiger partial charge is 0.330 e. The predicted molar refractivity (Wildman–Crippen MR) is 85.7 cm³/mol. The number of ketones is 1. The molecule has 2 N–H and O–H groups in total.